The van der Waals surface area contributed by atoms with Crippen molar-refractivity contribution in [2.45, 2.75) is 12.8 Å². The van der Waals surface area contributed by atoms with E-state index >= 15 is 0 Å². The summed E-state index contributed by atoms with van der Waals surface area (Å²) in [6, 6.07) is 13.2. The molecule has 0 spiro atoms. The van der Waals surface area contributed by atoms with Crippen LogP contribution in [-0.4, -0.2) is 34.8 Å². The minimum absolute atomic E-state index is 0.0641. The third-order valence-electron chi connectivity index (χ3n) is 4.99. The van der Waals surface area contributed by atoms with Gasteiger partial charge in [0.2, 0.25) is 5.91 Å². The average molecular weight is 365 g/mol. The van der Waals surface area contributed by atoms with Crippen LogP contribution in [0, 0.1) is 11.7 Å². The first kappa shape index (κ1) is 17.3. The standard InChI is InChI=1S/C21H20FN3O2/c22-17-5-7-18(8-6-17)24-20(26)16-2-1-11-25(13-16)21(27)15-4-3-14-9-10-23-19(14)12-15/h3-10,12,16,23H,1-2,11,13H2,(H,24,26)/t16-/m0/s1. The van der Waals surface area contributed by atoms with E-state index in [2.05, 4.69) is 10.3 Å². The maximum atomic E-state index is 13.0. The van der Waals surface area contributed by atoms with Gasteiger partial charge in [0.25, 0.3) is 5.91 Å². The number of rotatable bonds is 3. The Bertz CT molecular complexity index is 981. The van der Waals surface area contributed by atoms with Crippen LogP contribution in [0.15, 0.2) is 54.7 Å². The van der Waals surface area contributed by atoms with E-state index in [1.54, 1.807) is 4.90 Å². The first-order valence-electron chi connectivity index (χ1n) is 9.03. The molecule has 0 bridgehead atoms. The Hall–Kier alpha value is -3.15. The molecule has 0 unspecified atom stereocenters. The van der Waals surface area contributed by atoms with Crippen LogP contribution in [-0.2, 0) is 4.79 Å². The van der Waals surface area contributed by atoms with E-state index in [-0.39, 0.29) is 23.5 Å². The van der Waals surface area contributed by atoms with Gasteiger partial charge in [-0.25, -0.2) is 4.39 Å². The van der Waals surface area contributed by atoms with E-state index in [0.717, 1.165) is 23.7 Å². The van der Waals surface area contributed by atoms with Crippen LogP contribution in [0.5, 0.6) is 0 Å². The first-order valence-corrected chi connectivity index (χ1v) is 9.03. The predicted octanol–water partition coefficient (Wildman–Crippen LogP) is 3.80. The molecular weight excluding hydrogens is 345 g/mol. The van der Waals surface area contributed by atoms with Gasteiger partial charge in [-0.2, -0.15) is 0 Å². The van der Waals surface area contributed by atoms with E-state index in [4.69, 9.17) is 0 Å². The van der Waals surface area contributed by atoms with Crippen LogP contribution < -0.4 is 5.32 Å². The molecule has 138 valence electrons. The van der Waals surface area contributed by atoms with Crippen molar-refractivity contribution < 1.29 is 14.0 Å². The number of nitrogens with zero attached hydrogens (tertiary/aromatic N) is 1. The Labute approximate surface area is 156 Å². The van der Waals surface area contributed by atoms with Crippen LogP contribution in [0.3, 0.4) is 0 Å². The molecule has 2 amide bonds. The van der Waals surface area contributed by atoms with Gasteiger partial charge in [-0.15, -0.1) is 0 Å². The molecule has 0 saturated carbocycles. The van der Waals surface area contributed by atoms with Crippen molar-refractivity contribution in [3.05, 3.63) is 66.1 Å². The Morgan fingerprint density at radius 2 is 1.93 bits per heavy atom. The monoisotopic (exact) mass is 365 g/mol. The van der Waals surface area contributed by atoms with E-state index < -0.39 is 0 Å². The molecule has 1 aliphatic rings. The molecule has 1 aromatic heterocycles. The predicted molar refractivity (Wildman–Crippen MR) is 102 cm³/mol. The molecule has 4 rings (SSSR count). The summed E-state index contributed by atoms with van der Waals surface area (Å²) in [5.74, 6) is -0.826. The Balaban J connectivity index is 1.44. The van der Waals surface area contributed by atoms with Gasteiger partial charge >= 0.3 is 0 Å². The second-order valence-corrected chi connectivity index (χ2v) is 6.87. The Kier molecular flexibility index (Phi) is 4.62. The Morgan fingerprint density at radius 3 is 2.74 bits per heavy atom. The number of likely N-dealkylation sites (tertiary alicyclic amines) is 1. The second-order valence-electron chi connectivity index (χ2n) is 6.87. The zero-order valence-electron chi connectivity index (χ0n) is 14.7. The number of nitrogens with one attached hydrogen (secondary N) is 2. The van der Waals surface area contributed by atoms with Crippen LogP contribution in [0.4, 0.5) is 10.1 Å². The zero-order valence-corrected chi connectivity index (χ0v) is 14.7. The number of amides is 2. The van der Waals surface area contributed by atoms with Crippen molar-refractivity contribution in [3.63, 3.8) is 0 Å². The van der Waals surface area contributed by atoms with Crippen molar-refractivity contribution >= 4 is 28.4 Å². The molecule has 1 atom stereocenters. The highest BCUT2D eigenvalue weighted by Crippen LogP contribution is 2.22. The minimum Gasteiger partial charge on any atom is -0.361 e. The lowest BCUT2D eigenvalue weighted by atomic mass is 9.96. The summed E-state index contributed by atoms with van der Waals surface area (Å²) in [4.78, 5) is 30.3. The third-order valence-corrected chi connectivity index (χ3v) is 4.99. The van der Waals surface area contributed by atoms with Crippen molar-refractivity contribution in [2.75, 3.05) is 18.4 Å². The van der Waals surface area contributed by atoms with Gasteiger partial charge in [0.05, 0.1) is 5.92 Å². The summed E-state index contributed by atoms with van der Waals surface area (Å²) in [5.41, 5.74) is 2.09. The normalized spacial score (nSPS) is 17.1. The molecule has 6 heteroatoms. The number of hydrogen-bond donors (Lipinski definition) is 2. The summed E-state index contributed by atoms with van der Waals surface area (Å²) in [6.45, 7) is 1.02. The fourth-order valence-corrected chi connectivity index (χ4v) is 3.52. The molecule has 2 aromatic carbocycles. The van der Waals surface area contributed by atoms with Gasteiger partial charge in [-0.3, -0.25) is 9.59 Å². The van der Waals surface area contributed by atoms with Crippen molar-refractivity contribution in [1.82, 2.24) is 9.88 Å². The fourth-order valence-electron chi connectivity index (χ4n) is 3.52. The number of carbonyl (C=O) groups is 2. The zero-order chi connectivity index (χ0) is 18.8. The maximum Gasteiger partial charge on any atom is 0.253 e. The molecule has 0 radical (unpaired) electrons. The fraction of sp³-hybridized carbons (Fsp3) is 0.238. The van der Waals surface area contributed by atoms with E-state index in [9.17, 15) is 14.0 Å². The highest BCUT2D eigenvalue weighted by Gasteiger charge is 2.29. The molecule has 2 N–H and O–H groups in total. The summed E-state index contributed by atoms with van der Waals surface area (Å²) in [7, 11) is 0. The Morgan fingerprint density at radius 1 is 1.11 bits per heavy atom. The molecule has 3 aromatic rings. The van der Waals surface area contributed by atoms with Gasteiger partial charge < -0.3 is 15.2 Å². The number of anilines is 1. The molecule has 0 aliphatic carbocycles. The highest BCUT2D eigenvalue weighted by atomic mass is 19.1. The van der Waals surface area contributed by atoms with Gasteiger partial charge in [0.1, 0.15) is 5.82 Å². The van der Waals surface area contributed by atoms with Gasteiger partial charge in [-0.05, 0) is 60.7 Å². The van der Waals surface area contributed by atoms with Crippen LogP contribution in [0.2, 0.25) is 0 Å². The number of H-pyrrole nitrogens is 1. The van der Waals surface area contributed by atoms with Gasteiger partial charge in [0, 0.05) is 36.1 Å². The lowest BCUT2D eigenvalue weighted by Crippen LogP contribution is -2.43. The summed E-state index contributed by atoms with van der Waals surface area (Å²) < 4.78 is 13.0. The summed E-state index contributed by atoms with van der Waals surface area (Å²) in [6.07, 6.45) is 3.35. The lowest BCUT2D eigenvalue weighted by Gasteiger charge is -2.32. The van der Waals surface area contributed by atoms with Crippen molar-refractivity contribution in [3.8, 4) is 0 Å². The number of benzene rings is 2. The van der Waals surface area contributed by atoms with Gasteiger partial charge in [0.15, 0.2) is 0 Å². The van der Waals surface area contributed by atoms with E-state index in [1.807, 2.05) is 30.5 Å². The SMILES string of the molecule is O=C(Nc1ccc(F)cc1)[C@H]1CCCN(C(=O)c2ccc3cc[nH]c3c2)C1. The number of piperidine rings is 1. The first-order chi connectivity index (χ1) is 13.1. The summed E-state index contributed by atoms with van der Waals surface area (Å²) in [5, 5.41) is 3.87. The quantitative estimate of drug-likeness (QED) is 0.741. The topological polar surface area (TPSA) is 65.2 Å². The van der Waals surface area contributed by atoms with Crippen LogP contribution in [0.25, 0.3) is 10.9 Å². The van der Waals surface area contributed by atoms with Gasteiger partial charge in [-0.1, -0.05) is 6.07 Å². The van der Waals surface area contributed by atoms with Crippen molar-refractivity contribution in [2.24, 2.45) is 5.92 Å². The molecule has 1 fully saturated rings. The number of carbonyl (C=O) groups excluding carboxylic acids is 2. The van der Waals surface area contributed by atoms with E-state index in [1.165, 1.54) is 24.3 Å². The number of fused-ring (bicyclic) bond motifs is 1. The number of aromatic nitrogens is 1. The molecule has 2 heterocycles. The van der Waals surface area contributed by atoms with Crippen molar-refractivity contribution in [1.29, 1.82) is 0 Å². The minimum atomic E-state index is -0.346. The van der Waals surface area contributed by atoms with Crippen LogP contribution in [0.1, 0.15) is 23.2 Å². The summed E-state index contributed by atoms with van der Waals surface area (Å²) >= 11 is 0. The largest absolute Gasteiger partial charge is 0.361 e. The van der Waals surface area contributed by atoms with Crippen LogP contribution >= 0.6 is 0 Å². The number of aromatic amines is 1. The number of hydrogen-bond acceptors (Lipinski definition) is 2. The molecule has 5 nitrogen and oxygen atoms in total. The average Bonchev–Trinajstić information content (AvgIpc) is 3.17. The molecule has 1 aliphatic heterocycles. The third kappa shape index (κ3) is 3.69. The maximum absolute atomic E-state index is 13.0. The van der Waals surface area contributed by atoms with E-state index in [0.29, 0.717) is 24.3 Å². The highest BCUT2D eigenvalue weighted by molar-refractivity contribution is 5.99. The second kappa shape index (κ2) is 7.23. The molecule has 27 heavy (non-hydrogen) atoms. The molecule has 1 saturated heterocycles. The molecular formula is C21H20FN3O2. The smallest absolute Gasteiger partial charge is 0.253 e. The lowest BCUT2D eigenvalue weighted by molar-refractivity contribution is -0.121. The number of halogens is 1.